The third-order valence-electron chi connectivity index (χ3n) is 5.19. The monoisotopic (exact) mass is 491 g/mol. The second kappa shape index (κ2) is 11.1. The molecule has 33 heavy (non-hydrogen) atoms. The number of ether oxygens (including phenoxy) is 2. The Balaban J connectivity index is 1.97. The molecule has 0 radical (unpaired) electrons. The van der Waals surface area contributed by atoms with Gasteiger partial charge < -0.3 is 14.0 Å². The van der Waals surface area contributed by atoms with Gasteiger partial charge in [-0.05, 0) is 49.4 Å². The van der Waals surface area contributed by atoms with Crippen LogP contribution in [0.1, 0.15) is 31.1 Å². The predicted molar refractivity (Wildman–Crippen MR) is 129 cm³/mol. The number of amides is 1. The standard InChI is InChI=1S/C23H29N3O5S2/c1-5-25(6-2)33(28,29)19-11-8-17(9-12-19)22(27)24-23-26(14-15-31-7-3)20-13-10-18(30-4)16-21(20)32-23/h8-13,16H,5-7,14-15H2,1-4H3. The molecule has 3 aromatic rings. The molecule has 1 heterocycles. The van der Waals surface area contributed by atoms with Crippen LogP contribution in [0.4, 0.5) is 0 Å². The van der Waals surface area contributed by atoms with Crippen LogP contribution < -0.4 is 9.54 Å². The molecule has 1 aromatic heterocycles. The van der Waals surface area contributed by atoms with E-state index in [1.165, 1.54) is 39.9 Å². The highest BCUT2D eigenvalue weighted by atomic mass is 32.2. The Morgan fingerprint density at radius 2 is 1.79 bits per heavy atom. The van der Waals surface area contributed by atoms with Crippen molar-refractivity contribution in [2.75, 3.05) is 33.4 Å². The summed E-state index contributed by atoms with van der Waals surface area (Å²) in [6.07, 6.45) is 0. The van der Waals surface area contributed by atoms with Crippen molar-refractivity contribution in [3.05, 3.63) is 52.8 Å². The van der Waals surface area contributed by atoms with Crippen LogP contribution in [-0.2, 0) is 21.3 Å². The summed E-state index contributed by atoms with van der Waals surface area (Å²) in [4.78, 5) is 18.0. The number of nitrogens with zero attached hydrogens (tertiary/aromatic N) is 3. The summed E-state index contributed by atoms with van der Waals surface area (Å²) in [5, 5.41) is 0. The highest BCUT2D eigenvalue weighted by Gasteiger charge is 2.21. The van der Waals surface area contributed by atoms with E-state index in [0.29, 0.717) is 43.2 Å². The topological polar surface area (TPSA) is 90.2 Å². The summed E-state index contributed by atoms with van der Waals surface area (Å²) in [5.74, 6) is 0.286. The number of rotatable bonds is 10. The number of carbonyl (C=O) groups excluding carboxylic acids is 1. The summed E-state index contributed by atoms with van der Waals surface area (Å²) >= 11 is 1.39. The fourth-order valence-corrected chi connectivity index (χ4v) is 5.96. The third kappa shape index (κ3) is 5.52. The maximum atomic E-state index is 12.9. The first-order chi connectivity index (χ1) is 15.8. The van der Waals surface area contributed by atoms with Crippen molar-refractivity contribution in [2.45, 2.75) is 32.2 Å². The summed E-state index contributed by atoms with van der Waals surface area (Å²) in [6.45, 7) is 7.92. The number of carbonyl (C=O) groups is 1. The minimum atomic E-state index is -3.58. The van der Waals surface area contributed by atoms with E-state index >= 15 is 0 Å². The molecule has 8 nitrogen and oxygen atoms in total. The smallest absolute Gasteiger partial charge is 0.279 e. The van der Waals surface area contributed by atoms with Crippen molar-refractivity contribution < 1.29 is 22.7 Å². The molecule has 0 saturated carbocycles. The first-order valence-corrected chi connectivity index (χ1v) is 13.1. The lowest BCUT2D eigenvalue weighted by atomic mass is 10.2. The van der Waals surface area contributed by atoms with E-state index < -0.39 is 15.9 Å². The summed E-state index contributed by atoms with van der Waals surface area (Å²) < 4.78 is 40.4. The Bertz CT molecular complexity index is 1270. The molecule has 1 amide bonds. The molecule has 0 unspecified atom stereocenters. The number of hydrogen-bond donors (Lipinski definition) is 0. The number of thiazole rings is 1. The average Bonchev–Trinajstić information content (AvgIpc) is 3.15. The van der Waals surface area contributed by atoms with Crippen LogP contribution in [0.3, 0.4) is 0 Å². The van der Waals surface area contributed by atoms with Gasteiger partial charge in [0.25, 0.3) is 5.91 Å². The molecule has 0 saturated heterocycles. The fourth-order valence-electron chi connectivity index (χ4n) is 3.42. The van der Waals surface area contributed by atoms with Crippen molar-refractivity contribution in [3.63, 3.8) is 0 Å². The number of aromatic nitrogens is 1. The van der Waals surface area contributed by atoms with Crippen LogP contribution in [0.15, 0.2) is 52.4 Å². The third-order valence-corrected chi connectivity index (χ3v) is 8.30. The fraction of sp³-hybridized carbons (Fsp3) is 0.391. The maximum Gasteiger partial charge on any atom is 0.279 e. The predicted octanol–water partition coefficient (Wildman–Crippen LogP) is 3.52. The SMILES string of the molecule is CCOCCn1c(=NC(=O)c2ccc(S(=O)(=O)N(CC)CC)cc2)sc2cc(OC)ccc21. The van der Waals surface area contributed by atoms with Gasteiger partial charge in [-0.25, -0.2) is 8.42 Å². The average molecular weight is 492 g/mol. The number of benzene rings is 2. The van der Waals surface area contributed by atoms with E-state index in [4.69, 9.17) is 9.47 Å². The molecule has 2 aromatic carbocycles. The van der Waals surface area contributed by atoms with Gasteiger partial charge in [-0.15, -0.1) is 0 Å². The van der Waals surface area contributed by atoms with Gasteiger partial charge in [-0.2, -0.15) is 9.30 Å². The number of fused-ring (bicyclic) bond motifs is 1. The second-order valence-electron chi connectivity index (χ2n) is 7.10. The van der Waals surface area contributed by atoms with Gasteiger partial charge in [0, 0.05) is 31.8 Å². The van der Waals surface area contributed by atoms with Crippen molar-refractivity contribution in [2.24, 2.45) is 4.99 Å². The van der Waals surface area contributed by atoms with E-state index in [9.17, 15) is 13.2 Å². The molecular formula is C23H29N3O5S2. The van der Waals surface area contributed by atoms with Gasteiger partial charge in [0.2, 0.25) is 10.0 Å². The first-order valence-electron chi connectivity index (χ1n) is 10.8. The van der Waals surface area contributed by atoms with Gasteiger partial charge in [0.1, 0.15) is 5.75 Å². The summed E-state index contributed by atoms with van der Waals surface area (Å²) in [6, 6.07) is 11.6. The zero-order valence-corrected chi connectivity index (χ0v) is 20.9. The normalized spacial score (nSPS) is 12.6. The molecule has 178 valence electrons. The van der Waals surface area contributed by atoms with Crippen LogP contribution in [0.25, 0.3) is 10.2 Å². The minimum absolute atomic E-state index is 0.156. The van der Waals surface area contributed by atoms with E-state index in [0.717, 1.165) is 16.0 Å². The zero-order valence-electron chi connectivity index (χ0n) is 19.3. The molecule has 0 N–H and O–H groups in total. The maximum absolute atomic E-state index is 12.9. The van der Waals surface area contributed by atoms with Crippen LogP contribution in [-0.4, -0.2) is 56.6 Å². The largest absolute Gasteiger partial charge is 0.497 e. The lowest BCUT2D eigenvalue weighted by Crippen LogP contribution is -2.30. The molecule has 3 rings (SSSR count). The van der Waals surface area contributed by atoms with Crippen LogP contribution in [0, 0.1) is 0 Å². The van der Waals surface area contributed by atoms with Gasteiger partial charge in [-0.1, -0.05) is 25.2 Å². The summed E-state index contributed by atoms with van der Waals surface area (Å²) in [5.41, 5.74) is 1.26. The van der Waals surface area contributed by atoms with Gasteiger partial charge >= 0.3 is 0 Å². The van der Waals surface area contributed by atoms with Crippen LogP contribution in [0.2, 0.25) is 0 Å². The molecule has 0 spiro atoms. The van der Waals surface area contributed by atoms with Gasteiger partial charge in [0.15, 0.2) is 4.80 Å². The molecular weight excluding hydrogens is 462 g/mol. The highest BCUT2D eigenvalue weighted by Crippen LogP contribution is 2.23. The number of methoxy groups -OCH3 is 1. The molecule has 0 fully saturated rings. The quantitative estimate of drug-likeness (QED) is 0.405. The zero-order chi connectivity index (χ0) is 24.0. The molecule has 0 aliphatic heterocycles. The van der Waals surface area contributed by atoms with Gasteiger partial charge in [0.05, 0.1) is 28.8 Å². The lowest BCUT2D eigenvalue weighted by molar-refractivity contribution is 0.0996. The number of sulfonamides is 1. The van der Waals surface area contributed by atoms with Crippen molar-refractivity contribution in [1.29, 1.82) is 0 Å². The Hall–Kier alpha value is -2.53. The van der Waals surface area contributed by atoms with Crippen molar-refractivity contribution >= 4 is 37.5 Å². The molecule has 0 atom stereocenters. The second-order valence-corrected chi connectivity index (χ2v) is 10.0. The Labute approximate surface area is 198 Å². The van der Waals surface area contributed by atoms with Gasteiger partial charge in [-0.3, -0.25) is 4.79 Å². The first kappa shape index (κ1) is 25.1. The molecule has 0 aliphatic carbocycles. The Kier molecular flexibility index (Phi) is 8.41. The van der Waals surface area contributed by atoms with E-state index in [2.05, 4.69) is 4.99 Å². The van der Waals surface area contributed by atoms with E-state index in [-0.39, 0.29) is 4.90 Å². The summed E-state index contributed by atoms with van der Waals surface area (Å²) in [7, 11) is -1.97. The Morgan fingerprint density at radius 3 is 2.39 bits per heavy atom. The Morgan fingerprint density at radius 1 is 1.09 bits per heavy atom. The van der Waals surface area contributed by atoms with E-state index in [1.54, 1.807) is 21.0 Å². The van der Waals surface area contributed by atoms with Crippen LogP contribution in [0.5, 0.6) is 5.75 Å². The van der Waals surface area contributed by atoms with Crippen molar-refractivity contribution in [3.8, 4) is 5.75 Å². The van der Waals surface area contributed by atoms with E-state index in [1.807, 2.05) is 29.7 Å². The molecule has 0 aliphatic rings. The van der Waals surface area contributed by atoms with Crippen molar-refractivity contribution in [1.82, 2.24) is 8.87 Å². The number of hydrogen-bond acceptors (Lipinski definition) is 6. The minimum Gasteiger partial charge on any atom is -0.497 e. The highest BCUT2D eigenvalue weighted by molar-refractivity contribution is 7.89. The lowest BCUT2D eigenvalue weighted by Gasteiger charge is -2.18. The molecule has 0 bridgehead atoms. The van der Waals surface area contributed by atoms with Crippen LogP contribution >= 0.6 is 11.3 Å². The molecule has 10 heteroatoms.